The molecule has 0 bridgehead atoms. The summed E-state index contributed by atoms with van der Waals surface area (Å²) in [5, 5.41) is 6.82. The molecule has 0 saturated carbocycles. The molecule has 1 amide bonds. The smallest absolute Gasteiger partial charge is 0.225 e. The lowest BCUT2D eigenvalue weighted by atomic mass is 10.2. The molecule has 1 aliphatic rings. The number of hydrogen-bond donors (Lipinski definition) is 2. The standard InChI is InChI=1S/C18H37N5O.HI/c1-7-19-18(20-12-15(6)22(8-2)9-3)21-16-10-11-23(13-16)17(24)14(4)5;/h14-16H,7-13H2,1-6H3,(H2,19,20,21);1H. The van der Waals surface area contributed by atoms with E-state index in [9.17, 15) is 4.79 Å². The second-order valence-electron chi connectivity index (χ2n) is 6.86. The zero-order chi connectivity index (χ0) is 18.1. The Labute approximate surface area is 171 Å². The minimum Gasteiger partial charge on any atom is -0.357 e. The Hall–Kier alpha value is -0.570. The predicted molar refractivity (Wildman–Crippen MR) is 117 cm³/mol. The number of likely N-dealkylation sites (tertiary alicyclic amines) is 1. The molecule has 2 unspecified atom stereocenters. The fourth-order valence-corrected chi connectivity index (χ4v) is 3.14. The average molecular weight is 467 g/mol. The van der Waals surface area contributed by atoms with Crippen molar-refractivity contribution in [2.45, 2.75) is 60.0 Å². The molecule has 7 heteroatoms. The van der Waals surface area contributed by atoms with Crippen molar-refractivity contribution in [2.75, 3.05) is 39.3 Å². The van der Waals surface area contributed by atoms with Crippen LogP contribution in [0.3, 0.4) is 0 Å². The maximum Gasteiger partial charge on any atom is 0.225 e. The second kappa shape index (κ2) is 12.7. The van der Waals surface area contributed by atoms with Gasteiger partial charge >= 0.3 is 0 Å². The van der Waals surface area contributed by atoms with Crippen molar-refractivity contribution >= 4 is 35.8 Å². The van der Waals surface area contributed by atoms with E-state index in [1.807, 2.05) is 18.7 Å². The quantitative estimate of drug-likeness (QED) is 0.326. The first kappa shape index (κ1) is 24.4. The number of carbonyl (C=O) groups excluding carboxylic acids is 1. The Morgan fingerprint density at radius 1 is 1.24 bits per heavy atom. The van der Waals surface area contributed by atoms with Crippen molar-refractivity contribution in [3.05, 3.63) is 0 Å². The number of halogens is 1. The highest BCUT2D eigenvalue weighted by molar-refractivity contribution is 14.0. The number of likely N-dealkylation sites (N-methyl/N-ethyl adjacent to an activating group) is 1. The molecule has 0 aromatic carbocycles. The number of carbonyl (C=O) groups is 1. The van der Waals surface area contributed by atoms with Crippen molar-refractivity contribution in [2.24, 2.45) is 10.9 Å². The summed E-state index contributed by atoms with van der Waals surface area (Å²) in [5.74, 6) is 1.18. The number of rotatable bonds is 8. The van der Waals surface area contributed by atoms with E-state index in [0.717, 1.165) is 51.6 Å². The molecule has 2 N–H and O–H groups in total. The van der Waals surface area contributed by atoms with Crippen molar-refractivity contribution in [3.63, 3.8) is 0 Å². The number of amides is 1. The minimum atomic E-state index is 0. The first-order chi connectivity index (χ1) is 11.4. The van der Waals surface area contributed by atoms with Crippen LogP contribution in [0.15, 0.2) is 4.99 Å². The molecule has 1 aliphatic heterocycles. The zero-order valence-electron chi connectivity index (χ0n) is 16.8. The lowest BCUT2D eigenvalue weighted by Gasteiger charge is -2.25. The van der Waals surface area contributed by atoms with Gasteiger partial charge in [0.2, 0.25) is 5.91 Å². The number of hydrogen-bond acceptors (Lipinski definition) is 3. The highest BCUT2D eigenvalue weighted by Gasteiger charge is 2.28. The molecule has 0 aromatic heterocycles. The van der Waals surface area contributed by atoms with Crippen LogP contribution in [0.25, 0.3) is 0 Å². The molecule has 0 aliphatic carbocycles. The van der Waals surface area contributed by atoms with E-state index in [1.165, 1.54) is 0 Å². The van der Waals surface area contributed by atoms with Gasteiger partial charge in [-0.1, -0.05) is 27.7 Å². The second-order valence-corrected chi connectivity index (χ2v) is 6.86. The van der Waals surface area contributed by atoms with E-state index in [0.29, 0.717) is 6.04 Å². The summed E-state index contributed by atoms with van der Waals surface area (Å²) in [7, 11) is 0. The van der Waals surface area contributed by atoms with Gasteiger partial charge in [0.1, 0.15) is 0 Å². The molecule has 0 radical (unpaired) electrons. The van der Waals surface area contributed by atoms with Gasteiger partial charge in [0.15, 0.2) is 5.96 Å². The molecule has 1 heterocycles. The van der Waals surface area contributed by atoms with Crippen LogP contribution in [0.4, 0.5) is 0 Å². The number of aliphatic imine (C=N–C) groups is 1. The summed E-state index contributed by atoms with van der Waals surface area (Å²) in [5.41, 5.74) is 0. The number of guanidine groups is 1. The van der Waals surface area contributed by atoms with E-state index in [-0.39, 0.29) is 41.8 Å². The first-order valence-electron chi connectivity index (χ1n) is 9.50. The van der Waals surface area contributed by atoms with Crippen molar-refractivity contribution in [1.29, 1.82) is 0 Å². The van der Waals surface area contributed by atoms with Gasteiger partial charge in [-0.3, -0.25) is 14.7 Å². The third-order valence-corrected chi connectivity index (χ3v) is 4.63. The van der Waals surface area contributed by atoms with Gasteiger partial charge in [-0.15, -0.1) is 24.0 Å². The Morgan fingerprint density at radius 3 is 2.40 bits per heavy atom. The van der Waals surface area contributed by atoms with Gasteiger partial charge in [0, 0.05) is 37.6 Å². The van der Waals surface area contributed by atoms with Crippen molar-refractivity contribution < 1.29 is 4.79 Å². The summed E-state index contributed by atoms with van der Waals surface area (Å²) >= 11 is 0. The molecule has 0 aromatic rings. The summed E-state index contributed by atoms with van der Waals surface area (Å²) in [6, 6.07) is 0.715. The van der Waals surface area contributed by atoms with E-state index in [2.05, 4.69) is 43.2 Å². The van der Waals surface area contributed by atoms with E-state index in [1.54, 1.807) is 0 Å². The molecule has 1 saturated heterocycles. The monoisotopic (exact) mass is 467 g/mol. The lowest BCUT2D eigenvalue weighted by molar-refractivity contribution is -0.133. The third-order valence-electron chi connectivity index (χ3n) is 4.63. The van der Waals surface area contributed by atoms with Crippen molar-refractivity contribution in [3.8, 4) is 0 Å². The Bertz CT molecular complexity index is 412. The summed E-state index contributed by atoms with van der Waals surface area (Å²) < 4.78 is 0. The Morgan fingerprint density at radius 2 is 1.88 bits per heavy atom. The van der Waals surface area contributed by atoms with Gasteiger partial charge < -0.3 is 15.5 Å². The average Bonchev–Trinajstić information content (AvgIpc) is 3.01. The number of nitrogens with zero attached hydrogens (tertiary/aromatic N) is 3. The van der Waals surface area contributed by atoms with Gasteiger partial charge in [0.05, 0.1) is 6.54 Å². The molecule has 25 heavy (non-hydrogen) atoms. The van der Waals surface area contributed by atoms with E-state index < -0.39 is 0 Å². The van der Waals surface area contributed by atoms with Crippen LogP contribution >= 0.6 is 24.0 Å². The van der Waals surface area contributed by atoms with Crippen molar-refractivity contribution in [1.82, 2.24) is 20.4 Å². The van der Waals surface area contributed by atoms with Crippen LogP contribution in [-0.4, -0.2) is 73.0 Å². The maximum absolute atomic E-state index is 12.1. The van der Waals surface area contributed by atoms with E-state index >= 15 is 0 Å². The van der Waals surface area contributed by atoms with Gasteiger partial charge in [-0.25, -0.2) is 0 Å². The Kier molecular flexibility index (Phi) is 12.4. The molecule has 2 atom stereocenters. The molecule has 148 valence electrons. The topological polar surface area (TPSA) is 60.0 Å². The van der Waals surface area contributed by atoms with Crippen LogP contribution in [0, 0.1) is 5.92 Å². The molecule has 6 nitrogen and oxygen atoms in total. The van der Waals surface area contributed by atoms with Crippen LogP contribution in [-0.2, 0) is 4.79 Å². The Balaban J connectivity index is 0.00000576. The highest BCUT2D eigenvalue weighted by Crippen LogP contribution is 2.12. The lowest BCUT2D eigenvalue weighted by Crippen LogP contribution is -2.46. The van der Waals surface area contributed by atoms with Gasteiger partial charge in [0.25, 0.3) is 0 Å². The normalized spacial score (nSPS) is 19.1. The summed E-state index contributed by atoms with van der Waals surface area (Å²) in [6.07, 6.45) is 0.981. The van der Waals surface area contributed by atoms with Crippen LogP contribution in [0.1, 0.15) is 48.0 Å². The molecular weight excluding hydrogens is 429 g/mol. The van der Waals surface area contributed by atoms with Gasteiger partial charge in [-0.05, 0) is 33.4 Å². The maximum atomic E-state index is 12.1. The van der Waals surface area contributed by atoms with E-state index in [4.69, 9.17) is 4.99 Å². The predicted octanol–water partition coefficient (Wildman–Crippen LogP) is 2.15. The molecule has 1 rings (SSSR count). The first-order valence-corrected chi connectivity index (χ1v) is 9.50. The molecule has 0 spiro atoms. The SMILES string of the molecule is CCNC(=NCC(C)N(CC)CC)NC1CCN(C(=O)C(C)C)C1.I. The summed E-state index contributed by atoms with van der Waals surface area (Å²) in [6.45, 7) is 17.9. The minimum absolute atomic E-state index is 0. The summed E-state index contributed by atoms with van der Waals surface area (Å²) in [4.78, 5) is 21.2. The third kappa shape index (κ3) is 8.11. The fraction of sp³-hybridized carbons (Fsp3) is 0.889. The van der Waals surface area contributed by atoms with Crippen LogP contribution < -0.4 is 10.6 Å². The molecule has 1 fully saturated rings. The van der Waals surface area contributed by atoms with Crippen LogP contribution in [0.2, 0.25) is 0 Å². The fourth-order valence-electron chi connectivity index (χ4n) is 3.14. The highest BCUT2D eigenvalue weighted by atomic mass is 127. The zero-order valence-corrected chi connectivity index (χ0v) is 19.2. The number of nitrogens with one attached hydrogen (secondary N) is 2. The van der Waals surface area contributed by atoms with Crippen LogP contribution in [0.5, 0.6) is 0 Å². The molecular formula is C18H38IN5O. The largest absolute Gasteiger partial charge is 0.357 e. The van der Waals surface area contributed by atoms with Gasteiger partial charge in [-0.2, -0.15) is 0 Å².